The maximum Gasteiger partial charge on any atom is 0.121 e. The van der Waals surface area contributed by atoms with E-state index in [4.69, 9.17) is 9.84 Å². The van der Waals surface area contributed by atoms with E-state index >= 15 is 0 Å². The van der Waals surface area contributed by atoms with Gasteiger partial charge in [0.25, 0.3) is 0 Å². The van der Waals surface area contributed by atoms with E-state index in [2.05, 4.69) is 10.3 Å². The van der Waals surface area contributed by atoms with E-state index in [0.29, 0.717) is 0 Å². The van der Waals surface area contributed by atoms with Gasteiger partial charge >= 0.3 is 0 Å². The van der Waals surface area contributed by atoms with Crippen LogP contribution >= 0.6 is 0 Å². The molecule has 0 unspecified atom stereocenters. The summed E-state index contributed by atoms with van der Waals surface area (Å²) in [6.07, 6.45) is 4.72. The van der Waals surface area contributed by atoms with Gasteiger partial charge in [0.05, 0.1) is 18.3 Å². The van der Waals surface area contributed by atoms with Crippen LogP contribution in [-0.2, 0) is 0 Å². The number of hydrogen-bond acceptors (Lipinski definition) is 4. The van der Waals surface area contributed by atoms with Crippen molar-refractivity contribution < 1.29 is 9.84 Å². The predicted molar refractivity (Wildman–Crippen MR) is 77.7 cm³/mol. The highest BCUT2D eigenvalue weighted by Crippen LogP contribution is 2.27. The van der Waals surface area contributed by atoms with Crippen molar-refractivity contribution in [3.8, 4) is 5.75 Å². The second-order valence-corrected chi connectivity index (χ2v) is 4.46. The van der Waals surface area contributed by atoms with Gasteiger partial charge in [0.15, 0.2) is 0 Å². The van der Waals surface area contributed by atoms with Gasteiger partial charge in [0.1, 0.15) is 5.75 Å². The Kier molecular flexibility index (Phi) is 4.98. The Morgan fingerprint density at radius 2 is 2.16 bits per heavy atom. The number of fused-ring (bicyclic) bond motifs is 1. The van der Waals surface area contributed by atoms with Crippen LogP contribution in [0.3, 0.4) is 0 Å². The number of nitrogens with zero attached hydrogens (tertiary/aromatic N) is 1. The SMILES string of the molecule is COc1cc(NCCCCCO)c2ncccc2c1. The molecule has 0 fully saturated rings. The number of aliphatic hydroxyl groups is 1. The molecular formula is C15H20N2O2. The van der Waals surface area contributed by atoms with Crippen molar-refractivity contribution in [2.24, 2.45) is 0 Å². The summed E-state index contributed by atoms with van der Waals surface area (Å²) in [5, 5.41) is 13.2. The molecule has 0 amide bonds. The van der Waals surface area contributed by atoms with E-state index in [1.54, 1.807) is 13.3 Å². The summed E-state index contributed by atoms with van der Waals surface area (Å²) in [7, 11) is 1.67. The van der Waals surface area contributed by atoms with Gasteiger partial charge in [-0.2, -0.15) is 0 Å². The lowest BCUT2D eigenvalue weighted by molar-refractivity contribution is 0.283. The normalized spacial score (nSPS) is 10.6. The second kappa shape index (κ2) is 6.95. The Hall–Kier alpha value is -1.81. The molecular weight excluding hydrogens is 240 g/mol. The number of rotatable bonds is 7. The molecule has 1 heterocycles. The van der Waals surface area contributed by atoms with Crippen LogP contribution in [0.1, 0.15) is 19.3 Å². The summed E-state index contributed by atoms with van der Waals surface area (Å²) in [6.45, 7) is 1.14. The minimum absolute atomic E-state index is 0.268. The van der Waals surface area contributed by atoms with Gasteiger partial charge in [-0.3, -0.25) is 4.98 Å². The van der Waals surface area contributed by atoms with Gasteiger partial charge in [-0.25, -0.2) is 0 Å². The summed E-state index contributed by atoms with van der Waals surface area (Å²) in [4.78, 5) is 4.41. The zero-order valence-electron chi connectivity index (χ0n) is 11.2. The van der Waals surface area contributed by atoms with Crippen molar-refractivity contribution in [3.05, 3.63) is 30.5 Å². The van der Waals surface area contributed by atoms with Gasteiger partial charge in [0.2, 0.25) is 0 Å². The van der Waals surface area contributed by atoms with Crippen molar-refractivity contribution >= 4 is 16.6 Å². The van der Waals surface area contributed by atoms with E-state index in [1.165, 1.54) is 0 Å². The fraction of sp³-hybridized carbons (Fsp3) is 0.400. The molecule has 0 aliphatic heterocycles. The zero-order valence-corrected chi connectivity index (χ0v) is 11.2. The molecule has 0 saturated heterocycles. The van der Waals surface area contributed by atoms with Crippen molar-refractivity contribution in [1.82, 2.24) is 4.98 Å². The molecule has 2 N–H and O–H groups in total. The highest BCUT2D eigenvalue weighted by atomic mass is 16.5. The molecule has 0 bridgehead atoms. The molecule has 4 nitrogen and oxygen atoms in total. The van der Waals surface area contributed by atoms with Gasteiger partial charge in [-0.15, -0.1) is 0 Å². The molecule has 0 aliphatic rings. The molecule has 2 aromatic rings. The fourth-order valence-corrected chi connectivity index (χ4v) is 2.05. The van der Waals surface area contributed by atoms with Crippen LogP contribution in [0.2, 0.25) is 0 Å². The Morgan fingerprint density at radius 1 is 1.26 bits per heavy atom. The number of benzene rings is 1. The highest BCUT2D eigenvalue weighted by molar-refractivity contribution is 5.91. The van der Waals surface area contributed by atoms with Crippen LogP contribution < -0.4 is 10.1 Å². The first-order valence-electron chi connectivity index (χ1n) is 6.62. The second-order valence-electron chi connectivity index (χ2n) is 4.46. The van der Waals surface area contributed by atoms with Gasteiger partial charge < -0.3 is 15.2 Å². The molecule has 0 saturated carbocycles. The van der Waals surface area contributed by atoms with Crippen LogP contribution in [-0.4, -0.2) is 30.4 Å². The van der Waals surface area contributed by atoms with Gasteiger partial charge in [0, 0.05) is 30.8 Å². The zero-order chi connectivity index (χ0) is 13.5. The summed E-state index contributed by atoms with van der Waals surface area (Å²) in [6, 6.07) is 7.91. The van der Waals surface area contributed by atoms with E-state index in [1.807, 2.05) is 24.3 Å². The standard InChI is InChI=1S/C15H20N2O2/c1-19-13-10-12-6-5-8-17-15(12)14(11-13)16-7-3-2-4-9-18/h5-6,8,10-11,16,18H,2-4,7,9H2,1H3. The molecule has 1 aromatic carbocycles. The molecule has 2 rings (SSSR count). The fourth-order valence-electron chi connectivity index (χ4n) is 2.05. The van der Waals surface area contributed by atoms with Crippen LogP contribution in [0, 0.1) is 0 Å². The number of ether oxygens (including phenoxy) is 1. The van der Waals surface area contributed by atoms with Crippen LogP contribution in [0.15, 0.2) is 30.5 Å². The summed E-state index contributed by atoms with van der Waals surface area (Å²) < 4.78 is 5.31. The largest absolute Gasteiger partial charge is 0.497 e. The average molecular weight is 260 g/mol. The van der Waals surface area contributed by atoms with Gasteiger partial charge in [-0.1, -0.05) is 6.07 Å². The lowest BCUT2D eigenvalue weighted by atomic mass is 10.1. The number of aliphatic hydroxyl groups excluding tert-OH is 1. The molecule has 19 heavy (non-hydrogen) atoms. The number of anilines is 1. The number of aromatic nitrogens is 1. The Balaban J connectivity index is 2.11. The third-order valence-electron chi connectivity index (χ3n) is 3.06. The maximum atomic E-state index is 8.75. The molecule has 1 aromatic heterocycles. The van der Waals surface area contributed by atoms with E-state index < -0.39 is 0 Å². The minimum atomic E-state index is 0.268. The minimum Gasteiger partial charge on any atom is -0.497 e. The highest BCUT2D eigenvalue weighted by Gasteiger charge is 2.05. The van der Waals surface area contributed by atoms with Crippen molar-refractivity contribution in [2.75, 3.05) is 25.6 Å². The molecule has 102 valence electrons. The Morgan fingerprint density at radius 3 is 2.95 bits per heavy atom. The third kappa shape index (κ3) is 3.58. The maximum absolute atomic E-state index is 8.75. The number of nitrogens with one attached hydrogen (secondary N) is 1. The van der Waals surface area contributed by atoms with Crippen LogP contribution in [0.4, 0.5) is 5.69 Å². The smallest absolute Gasteiger partial charge is 0.121 e. The molecule has 0 aliphatic carbocycles. The number of pyridine rings is 1. The monoisotopic (exact) mass is 260 g/mol. The summed E-state index contributed by atoms with van der Waals surface area (Å²) >= 11 is 0. The van der Waals surface area contributed by atoms with Crippen molar-refractivity contribution in [3.63, 3.8) is 0 Å². The Labute approximate surface area is 113 Å². The van der Waals surface area contributed by atoms with E-state index in [0.717, 1.165) is 48.1 Å². The first kappa shape index (κ1) is 13.6. The first-order chi connectivity index (χ1) is 9.35. The van der Waals surface area contributed by atoms with Crippen LogP contribution in [0.5, 0.6) is 5.75 Å². The Bertz CT molecular complexity index is 529. The first-order valence-corrected chi connectivity index (χ1v) is 6.62. The van der Waals surface area contributed by atoms with Crippen molar-refractivity contribution in [2.45, 2.75) is 19.3 Å². The van der Waals surface area contributed by atoms with Gasteiger partial charge in [-0.05, 0) is 31.4 Å². The number of methoxy groups -OCH3 is 1. The summed E-state index contributed by atoms with van der Waals surface area (Å²) in [5.74, 6) is 0.832. The van der Waals surface area contributed by atoms with E-state index in [-0.39, 0.29) is 6.61 Å². The predicted octanol–water partition coefficient (Wildman–Crippen LogP) is 2.82. The molecule has 4 heteroatoms. The lowest BCUT2D eigenvalue weighted by Crippen LogP contribution is -2.03. The molecule has 0 radical (unpaired) electrons. The topological polar surface area (TPSA) is 54.4 Å². The quantitative estimate of drug-likeness (QED) is 0.752. The molecule has 0 spiro atoms. The number of unbranched alkanes of at least 4 members (excludes halogenated alkanes) is 2. The lowest BCUT2D eigenvalue weighted by Gasteiger charge is -2.11. The summed E-state index contributed by atoms with van der Waals surface area (Å²) in [5.41, 5.74) is 1.96. The van der Waals surface area contributed by atoms with Crippen molar-refractivity contribution in [1.29, 1.82) is 0 Å². The van der Waals surface area contributed by atoms with Crippen LogP contribution in [0.25, 0.3) is 10.9 Å². The molecule has 0 atom stereocenters. The number of hydrogen-bond donors (Lipinski definition) is 2. The van der Waals surface area contributed by atoms with E-state index in [9.17, 15) is 0 Å². The third-order valence-corrected chi connectivity index (χ3v) is 3.06. The average Bonchev–Trinajstić information content (AvgIpc) is 2.46.